The molecule has 1 aliphatic rings. The number of rotatable bonds is 24. The van der Waals surface area contributed by atoms with Crippen molar-refractivity contribution < 1.29 is 42.6 Å². The van der Waals surface area contributed by atoms with Gasteiger partial charge in [-0.15, -0.1) is 0 Å². The molecule has 0 unspecified atom stereocenters. The maximum absolute atomic E-state index is 5.75. The van der Waals surface area contributed by atoms with Crippen LogP contribution in [-0.2, 0) is 42.6 Å². The molecule has 0 aromatic rings. The van der Waals surface area contributed by atoms with Gasteiger partial charge in [-0.3, -0.25) is 0 Å². The highest BCUT2D eigenvalue weighted by molar-refractivity contribution is 4.85. The molecule has 0 atom stereocenters. The topological polar surface area (TPSA) is 83.1 Å². The predicted molar refractivity (Wildman–Crippen MR) is 111 cm³/mol. The van der Waals surface area contributed by atoms with Crippen molar-refractivity contribution in [3.63, 3.8) is 0 Å². The van der Waals surface area contributed by atoms with Gasteiger partial charge < -0.3 is 42.6 Å². The molecule has 30 heavy (non-hydrogen) atoms. The summed E-state index contributed by atoms with van der Waals surface area (Å²) in [6.45, 7) is 14.8. The van der Waals surface area contributed by atoms with Crippen LogP contribution in [0.3, 0.4) is 0 Å². The van der Waals surface area contributed by atoms with Crippen LogP contribution in [0, 0.1) is 5.41 Å². The monoisotopic (exact) mass is 438 g/mol. The molecule has 0 radical (unpaired) electrons. The Labute approximate surface area is 181 Å². The van der Waals surface area contributed by atoms with Gasteiger partial charge >= 0.3 is 0 Å². The second kappa shape index (κ2) is 20.5. The number of hydrogen-bond donors (Lipinski definition) is 0. The van der Waals surface area contributed by atoms with Gasteiger partial charge in [0.15, 0.2) is 0 Å². The van der Waals surface area contributed by atoms with E-state index in [1.54, 1.807) is 0 Å². The molecular weight excluding hydrogens is 396 g/mol. The fourth-order valence-corrected chi connectivity index (χ4v) is 2.58. The van der Waals surface area contributed by atoms with Gasteiger partial charge in [0.2, 0.25) is 0 Å². The molecule has 0 amide bonds. The second-order valence-corrected chi connectivity index (χ2v) is 6.94. The van der Waals surface area contributed by atoms with Gasteiger partial charge in [0, 0.05) is 13.2 Å². The summed E-state index contributed by atoms with van der Waals surface area (Å²) in [7, 11) is 0. The Balaban J connectivity index is 1.85. The lowest BCUT2D eigenvalue weighted by molar-refractivity contribution is -0.181. The molecule has 1 rings (SSSR count). The van der Waals surface area contributed by atoms with Gasteiger partial charge in [-0.1, -0.05) is 0 Å². The summed E-state index contributed by atoms with van der Waals surface area (Å²) in [4.78, 5) is 0. The first-order valence-electron chi connectivity index (χ1n) is 11.0. The molecule has 1 heterocycles. The Hall–Kier alpha value is -0.360. The zero-order chi connectivity index (χ0) is 21.6. The molecule has 0 aromatic carbocycles. The predicted octanol–water partition coefficient (Wildman–Crippen LogP) is 1.18. The van der Waals surface area contributed by atoms with Crippen LogP contribution in [0.25, 0.3) is 0 Å². The maximum atomic E-state index is 5.75. The molecule has 9 heteroatoms. The van der Waals surface area contributed by atoms with Crippen LogP contribution >= 0.6 is 0 Å². The Bertz CT molecular complexity index is 325. The minimum absolute atomic E-state index is 0.0508. The van der Waals surface area contributed by atoms with Crippen molar-refractivity contribution in [2.75, 3.05) is 119 Å². The summed E-state index contributed by atoms with van der Waals surface area (Å²) in [6, 6.07) is 0. The zero-order valence-electron chi connectivity index (χ0n) is 18.9. The molecule has 1 aliphatic heterocycles. The smallest absolute Gasteiger partial charge is 0.0701 e. The summed E-state index contributed by atoms with van der Waals surface area (Å²) >= 11 is 0. The van der Waals surface area contributed by atoms with E-state index in [4.69, 9.17) is 42.6 Å². The molecule has 0 bridgehead atoms. The Morgan fingerprint density at radius 3 is 1.03 bits per heavy atom. The molecule has 0 aromatic heterocycles. The van der Waals surface area contributed by atoms with E-state index in [2.05, 4.69) is 0 Å². The van der Waals surface area contributed by atoms with Gasteiger partial charge in [0.1, 0.15) is 0 Å². The normalized spacial score (nSPS) is 15.4. The Morgan fingerprint density at radius 2 is 0.767 bits per heavy atom. The quantitative estimate of drug-likeness (QED) is 0.206. The minimum atomic E-state index is -0.0508. The molecule has 0 spiro atoms. The summed E-state index contributed by atoms with van der Waals surface area (Å²) < 4.78 is 49.0. The van der Waals surface area contributed by atoms with E-state index in [9.17, 15) is 0 Å². The molecule has 0 saturated carbocycles. The first-order valence-corrected chi connectivity index (χ1v) is 11.0. The summed E-state index contributed by atoms with van der Waals surface area (Å²) in [5.74, 6) is 0. The highest BCUT2D eigenvalue weighted by Gasteiger charge is 2.39. The fourth-order valence-electron chi connectivity index (χ4n) is 2.58. The lowest BCUT2D eigenvalue weighted by Crippen LogP contribution is -2.50. The highest BCUT2D eigenvalue weighted by atomic mass is 16.6. The molecule has 9 nitrogen and oxygen atoms in total. The van der Waals surface area contributed by atoms with Crippen LogP contribution in [0.15, 0.2) is 0 Å². The molecule has 1 fully saturated rings. The van der Waals surface area contributed by atoms with E-state index >= 15 is 0 Å². The summed E-state index contributed by atoms with van der Waals surface area (Å²) in [6.07, 6.45) is 0. The molecule has 0 aliphatic carbocycles. The standard InChI is InChI=1S/C21H42O9/c1-3-22-5-7-24-9-11-26-13-15-28-17-21(19-30-20-21)18-29-16-14-27-12-10-25-8-6-23-4-2/h3-20H2,1-2H3. The minimum Gasteiger partial charge on any atom is -0.380 e. The van der Waals surface area contributed by atoms with Crippen molar-refractivity contribution in [1.29, 1.82) is 0 Å². The third-order valence-electron chi connectivity index (χ3n) is 4.27. The van der Waals surface area contributed by atoms with Gasteiger partial charge in [-0.2, -0.15) is 0 Å². The molecule has 0 N–H and O–H groups in total. The van der Waals surface area contributed by atoms with Crippen LogP contribution in [-0.4, -0.2) is 119 Å². The largest absolute Gasteiger partial charge is 0.380 e. The van der Waals surface area contributed by atoms with Crippen molar-refractivity contribution in [1.82, 2.24) is 0 Å². The lowest BCUT2D eigenvalue weighted by Gasteiger charge is -2.40. The maximum Gasteiger partial charge on any atom is 0.0701 e. The fraction of sp³-hybridized carbons (Fsp3) is 1.00. The van der Waals surface area contributed by atoms with Gasteiger partial charge in [-0.25, -0.2) is 0 Å². The summed E-state index contributed by atoms with van der Waals surface area (Å²) in [5, 5.41) is 0. The third-order valence-corrected chi connectivity index (χ3v) is 4.27. The van der Waals surface area contributed by atoms with E-state index in [1.165, 1.54) is 0 Å². The summed E-state index contributed by atoms with van der Waals surface area (Å²) in [5.41, 5.74) is -0.0508. The molecule has 180 valence electrons. The van der Waals surface area contributed by atoms with Gasteiger partial charge in [0.25, 0.3) is 0 Å². The zero-order valence-corrected chi connectivity index (χ0v) is 18.9. The Morgan fingerprint density at radius 1 is 0.467 bits per heavy atom. The number of hydrogen-bond acceptors (Lipinski definition) is 9. The van der Waals surface area contributed by atoms with Crippen molar-refractivity contribution in [3.8, 4) is 0 Å². The average Bonchev–Trinajstić information content (AvgIpc) is 2.73. The van der Waals surface area contributed by atoms with Crippen molar-refractivity contribution >= 4 is 0 Å². The van der Waals surface area contributed by atoms with Crippen LogP contribution in [0.2, 0.25) is 0 Å². The first kappa shape index (κ1) is 27.7. The van der Waals surface area contributed by atoms with Crippen LogP contribution in [0.1, 0.15) is 13.8 Å². The van der Waals surface area contributed by atoms with E-state index < -0.39 is 0 Å². The van der Waals surface area contributed by atoms with E-state index in [-0.39, 0.29) is 5.41 Å². The molecular formula is C21H42O9. The first-order chi connectivity index (χ1) is 14.8. The lowest BCUT2D eigenvalue weighted by atomic mass is 9.88. The average molecular weight is 439 g/mol. The highest BCUT2D eigenvalue weighted by Crippen LogP contribution is 2.28. The van der Waals surface area contributed by atoms with Crippen LogP contribution < -0.4 is 0 Å². The Kier molecular flexibility index (Phi) is 18.9. The second-order valence-electron chi connectivity index (χ2n) is 6.94. The van der Waals surface area contributed by atoms with E-state index in [0.717, 1.165) is 0 Å². The van der Waals surface area contributed by atoms with Gasteiger partial charge in [0.05, 0.1) is 111 Å². The SMILES string of the molecule is CCOCCOCCOCCOCC1(COCCOCCOCCOCC)COC1. The number of ether oxygens (including phenoxy) is 9. The third kappa shape index (κ3) is 15.4. The van der Waals surface area contributed by atoms with Gasteiger partial charge in [-0.05, 0) is 13.8 Å². The van der Waals surface area contributed by atoms with Crippen LogP contribution in [0.5, 0.6) is 0 Å². The van der Waals surface area contributed by atoms with E-state index in [0.29, 0.717) is 119 Å². The van der Waals surface area contributed by atoms with Crippen molar-refractivity contribution in [3.05, 3.63) is 0 Å². The molecule has 1 saturated heterocycles. The van der Waals surface area contributed by atoms with Crippen molar-refractivity contribution in [2.24, 2.45) is 5.41 Å². The van der Waals surface area contributed by atoms with E-state index in [1.807, 2.05) is 13.8 Å². The van der Waals surface area contributed by atoms with Crippen LogP contribution in [0.4, 0.5) is 0 Å². The van der Waals surface area contributed by atoms with Crippen molar-refractivity contribution in [2.45, 2.75) is 13.8 Å².